The molecule has 0 bridgehead atoms. The molecule has 0 saturated heterocycles. The number of amides is 1. The molecule has 1 aliphatic heterocycles. The molecule has 11 heteroatoms. The summed E-state index contributed by atoms with van der Waals surface area (Å²) in [5.74, 6) is 1.56. The number of rotatable bonds is 9. The molecule has 1 unspecified atom stereocenters. The lowest BCUT2D eigenvalue weighted by atomic mass is 9.95. The third-order valence-corrected chi connectivity index (χ3v) is 9.12. The molecular weight excluding hydrogens is 649 g/mol. The number of fused-ring (bicyclic) bond motifs is 1. The third kappa shape index (κ3) is 7.15. The van der Waals surface area contributed by atoms with Gasteiger partial charge in [-0.3, -0.25) is 4.79 Å². The Morgan fingerprint density at radius 1 is 0.933 bits per heavy atom. The zero-order chi connectivity index (χ0) is 31.5. The van der Waals surface area contributed by atoms with Crippen LogP contribution in [0.3, 0.4) is 0 Å². The van der Waals surface area contributed by atoms with Gasteiger partial charge in [0.15, 0.2) is 0 Å². The van der Waals surface area contributed by atoms with Gasteiger partial charge in [0.05, 0.1) is 5.57 Å². The number of thioether (sulfide) groups is 1. The molecule has 1 amide bonds. The van der Waals surface area contributed by atoms with E-state index < -0.39 is 6.04 Å². The fourth-order valence-electron chi connectivity index (χ4n) is 5.02. The average Bonchev–Trinajstić information content (AvgIpc) is 3.42. The SMILES string of the molecule is CC1=C(C(=O)Nc2cccc(C)c2)C(c2ccc(OCc3ccc(Cl)cc3Cl)cc2)n2nc(SCc3ccccc3Cl)nc2N1. The minimum absolute atomic E-state index is 0.236. The second kappa shape index (κ2) is 13.6. The van der Waals surface area contributed by atoms with E-state index in [2.05, 4.69) is 10.6 Å². The van der Waals surface area contributed by atoms with Gasteiger partial charge in [0, 0.05) is 37.8 Å². The monoisotopic (exact) mass is 675 g/mol. The highest BCUT2D eigenvalue weighted by molar-refractivity contribution is 7.98. The van der Waals surface area contributed by atoms with E-state index >= 15 is 0 Å². The number of anilines is 2. The Morgan fingerprint density at radius 3 is 2.49 bits per heavy atom. The van der Waals surface area contributed by atoms with Crippen LogP contribution in [0.25, 0.3) is 0 Å². The molecule has 7 nitrogen and oxygen atoms in total. The van der Waals surface area contributed by atoms with Crippen LogP contribution in [0.15, 0.2) is 107 Å². The zero-order valence-electron chi connectivity index (χ0n) is 24.4. The van der Waals surface area contributed by atoms with Crippen molar-refractivity contribution < 1.29 is 9.53 Å². The summed E-state index contributed by atoms with van der Waals surface area (Å²) in [6.45, 7) is 4.14. The van der Waals surface area contributed by atoms with Gasteiger partial charge in [0.25, 0.3) is 5.91 Å². The fraction of sp³-hybridized carbons (Fsp3) is 0.147. The first-order chi connectivity index (χ1) is 21.7. The summed E-state index contributed by atoms with van der Waals surface area (Å²) in [7, 11) is 0. The molecule has 0 aliphatic carbocycles. The number of hydrogen-bond donors (Lipinski definition) is 2. The maximum Gasteiger partial charge on any atom is 0.255 e. The molecule has 6 rings (SSSR count). The third-order valence-electron chi connectivity index (χ3n) is 7.27. The number of ether oxygens (including phenoxy) is 1. The van der Waals surface area contributed by atoms with Gasteiger partial charge >= 0.3 is 0 Å². The van der Waals surface area contributed by atoms with E-state index in [9.17, 15) is 4.79 Å². The number of benzene rings is 4. The average molecular weight is 677 g/mol. The first kappa shape index (κ1) is 31.0. The summed E-state index contributed by atoms with van der Waals surface area (Å²) in [6, 6.07) is 27.8. The largest absolute Gasteiger partial charge is 0.489 e. The highest BCUT2D eigenvalue weighted by atomic mass is 35.5. The molecule has 0 fully saturated rings. The van der Waals surface area contributed by atoms with Crippen LogP contribution in [0.1, 0.15) is 35.2 Å². The van der Waals surface area contributed by atoms with E-state index in [1.807, 2.05) is 92.7 Å². The van der Waals surface area contributed by atoms with Crippen molar-refractivity contribution in [1.82, 2.24) is 14.8 Å². The molecule has 5 aromatic rings. The molecule has 1 atom stereocenters. The van der Waals surface area contributed by atoms with Crippen molar-refractivity contribution >= 4 is 64.1 Å². The normalized spacial score (nSPS) is 14.1. The molecule has 45 heavy (non-hydrogen) atoms. The molecule has 0 spiro atoms. The second-order valence-electron chi connectivity index (χ2n) is 10.5. The van der Waals surface area contributed by atoms with Crippen LogP contribution in [-0.4, -0.2) is 20.7 Å². The van der Waals surface area contributed by atoms with Crippen LogP contribution in [0.2, 0.25) is 15.1 Å². The standard InChI is InChI=1S/C34H28Cl3N5O2S/c1-20-6-5-8-26(16-20)39-32(43)30-21(2)38-33-40-34(45-19-24-7-3-4-9-28(24)36)41-42(33)31(30)22-11-14-27(15-12-22)44-18-23-10-13-25(35)17-29(23)37/h3-17,31H,18-19H2,1-2H3,(H,39,43)(H,38,40,41). The van der Waals surface area contributed by atoms with Crippen molar-refractivity contribution in [3.63, 3.8) is 0 Å². The molecule has 2 N–H and O–H groups in total. The van der Waals surface area contributed by atoms with Gasteiger partial charge in [-0.2, -0.15) is 4.98 Å². The maximum atomic E-state index is 13.9. The first-order valence-corrected chi connectivity index (χ1v) is 16.2. The van der Waals surface area contributed by atoms with Gasteiger partial charge in [-0.15, -0.1) is 5.10 Å². The van der Waals surface area contributed by atoms with Gasteiger partial charge in [0.2, 0.25) is 11.1 Å². The second-order valence-corrected chi connectivity index (χ2v) is 12.7. The van der Waals surface area contributed by atoms with Crippen molar-refractivity contribution in [1.29, 1.82) is 0 Å². The molecule has 0 saturated carbocycles. The Kier molecular flexibility index (Phi) is 9.37. The molecule has 1 aliphatic rings. The number of carbonyl (C=O) groups is 1. The lowest BCUT2D eigenvalue weighted by Crippen LogP contribution is -2.31. The molecule has 228 valence electrons. The first-order valence-electron chi connectivity index (χ1n) is 14.1. The van der Waals surface area contributed by atoms with Crippen LogP contribution in [0.5, 0.6) is 5.75 Å². The number of nitrogens with one attached hydrogen (secondary N) is 2. The molecular formula is C34H28Cl3N5O2S. The minimum Gasteiger partial charge on any atom is -0.489 e. The maximum absolute atomic E-state index is 13.9. The van der Waals surface area contributed by atoms with Gasteiger partial charge in [-0.1, -0.05) is 95.1 Å². The Morgan fingerprint density at radius 2 is 1.73 bits per heavy atom. The summed E-state index contributed by atoms with van der Waals surface area (Å²) < 4.78 is 7.78. The van der Waals surface area contributed by atoms with Crippen molar-refractivity contribution in [2.24, 2.45) is 0 Å². The fourth-order valence-corrected chi connectivity index (χ4v) is 6.60. The lowest BCUT2D eigenvalue weighted by molar-refractivity contribution is -0.113. The number of aryl methyl sites for hydroxylation is 1. The summed E-state index contributed by atoms with van der Waals surface area (Å²) >= 11 is 20.2. The van der Waals surface area contributed by atoms with E-state index in [4.69, 9.17) is 49.6 Å². The Balaban J connectivity index is 1.30. The molecule has 0 radical (unpaired) electrons. The van der Waals surface area contributed by atoms with E-state index in [1.165, 1.54) is 11.8 Å². The molecule has 2 heterocycles. The predicted octanol–water partition coefficient (Wildman–Crippen LogP) is 9.35. The molecule has 4 aromatic carbocycles. The van der Waals surface area contributed by atoms with E-state index in [-0.39, 0.29) is 12.5 Å². The van der Waals surface area contributed by atoms with E-state index in [0.29, 0.717) is 54.6 Å². The number of hydrogen-bond acceptors (Lipinski definition) is 6. The van der Waals surface area contributed by atoms with Crippen LogP contribution in [0, 0.1) is 6.92 Å². The zero-order valence-corrected chi connectivity index (χ0v) is 27.4. The van der Waals surface area contributed by atoms with Crippen LogP contribution in [-0.2, 0) is 17.2 Å². The van der Waals surface area contributed by atoms with Crippen molar-refractivity contribution in [2.75, 3.05) is 10.6 Å². The number of allylic oxidation sites excluding steroid dienone is 1. The van der Waals surface area contributed by atoms with Crippen LogP contribution < -0.4 is 15.4 Å². The highest BCUT2D eigenvalue weighted by Gasteiger charge is 2.34. The Hall–Kier alpha value is -3.95. The summed E-state index contributed by atoms with van der Waals surface area (Å²) in [4.78, 5) is 18.6. The van der Waals surface area contributed by atoms with Gasteiger partial charge in [0.1, 0.15) is 18.4 Å². The summed E-state index contributed by atoms with van der Waals surface area (Å²) in [5, 5.41) is 13.6. The van der Waals surface area contributed by atoms with Crippen LogP contribution in [0.4, 0.5) is 11.6 Å². The number of halogens is 3. The summed E-state index contributed by atoms with van der Waals surface area (Å²) in [6.07, 6.45) is 0. The topological polar surface area (TPSA) is 81.1 Å². The van der Waals surface area contributed by atoms with Gasteiger partial charge < -0.3 is 15.4 Å². The smallest absolute Gasteiger partial charge is 0.255 e. The lowest BCUT2D eigenvalue weighted by Gasteiger charge is -2.28. The number of aromatic nitrogens is 3. The highest BCUT2D eigenvalue weighted by Crippen LogP contribution is 2.38. The van der Waals surface area contributed by atoms with Crippen molar-refractivity contribution in [2.45, 2.75) is 37.4 Å². The minimum atomic E-state index is -0.548. The Bertz CT molecular complexity index is 1910. The van der Waals surface area contributed by atoms with Gasteiger partial charge in [-0.25, -0.2) is 4.68 Å². The predicted molar refractivity (Wildman–Crippen MR) is 183 cm³/mol. The summed E-state index contributed by atoms with van der Waals surface area (Å²) in [5.41, 5.74) is 5.63. The van der Waals surface area contributed by atoms with E-state index in [0.717, 1.165) is 22.3 Å². The van der Waals surface area contributed by atoms with Crippen molar-refractivity contribution in [3.8, 4) is 5.75 Å². The number of carbonyl (C=O) groups excluding carboxylic acids is 1. The van der Waals surface area contributed by atoms with Gasteiger partial charge in [-0.05, 0) is 73.0 Å². The molecule has 1 aromatic heterocycles. The quantitative estimate of drug-likeness (QED) is 0.152. The van der Waals surface area contributed by atoms with E-state index in [1.54, 1.807) is 16.8 Å². The van der Waals surface area contributed by atoms with Crippen molar-refractivity contribution in [3.05, 3.63) is 140 Å². The number of nitrogens with zero attached hydrogens (tertiary/aromatic N) is 3. The van der Waals surface area contributed by atoms with Crippen LogP contribution >= 0.6 is 46.6 Å². The Labute approximate surface area is 280 Å².